The topological polar surface area (TPSA) is 29.1 Å². The number of rotatable bonds is 6. The third kappa shape index (κ3) is 3.39. The average Bonchev–Trinajstić information content (AvgIpc) is 3.15. The minimum absolute atomic E-state index is 0.122. The zero-order valence-electron chi connectivity index (χ0n) is 13.4. The minimum Gasteiger partial charge on any atom is -0.297 e. The predicted molar refractivity (Wildman–Crippen MR) is 98.8 cm³/mol. The smallest absolute Gasteiger partial charge is 0.205 e. The molecule has 1 N–H and O–H groups in total. The number of hydrogen-bond donors (Lipinski definition) is 1. The Morgan fingerprint density at radius 3 is 2.00 bits per heavy atom. The van der Waals surface area contributed by atoms with E-state index in [2.05, 4.69) is 30.2 Å². The second-order valence-corrected chi connectivity index (χ2v) is 8.25. The van der Waals surface area contributed by atoms with Gasteiger partial charge in [-0.05, 0) is 42.7 Å². The van der Waals surface area contributed by atoms with Gasteiger partial charge in [-0.3, -0.25) is 9.65 Å². The standard InChI is InChI=1S/C20H22NOP/c1-2-20(17-11-9-10-12-17)21-23(22,18-13-5-3-6-14-18)19-15-7-4-8-16-19/h3-11,13-16,20H,2,12H2,1H3,(H,21,22)/t20-/m1/s1. The zero-order valence-corrected chi connectivity index (χ0v) is 14.2. The molecule has 0 saturated heterocycles. The van der Waals surface area contributed by atoms with Crippen LogP contribution in [0.15, 0.2) is 84.5 Å². The Morgan fingerprint density at radius 2 is 1.57 bits per heavy atom. The summed E-state index contributed by atoms with van der Waals surface area (Å²) in [4.78, 5) is 0. The average molecular weight is 323 g/mol. The van der Waals surface area contributed by atoms with Gasteiger partial charge in [0.15, 0.2) is 0 Å². The highest BCUT2D eigenvalue weighted by Gasteiger charge is 2.30. The summed E-state index contributed by atoms with van der Waals surface area (Å²) in [5.74, 6) is 0. The van der Waals surface area contributed by atoms with E-state index >= 15 is 0 Å². The van der Waals surface area contributed by atoms with E-state index in [9.17, 15) is 4.57 Å². The molecule has 0 radical (unpaired) electrons. The lowest BCUT2D eigenvalue weighted by Gasteiger charge is -2.27. The van der Waals surface area contributed by atoms with Crippen LogP contribution in [-0.2, 0) is 4.57 Å². The summed E-state index contributed by atoms with van der Waals surface area (Å²) in [6.45, 7) is 2.14. The van der Waals surface area contributed by atoms with E-state index in [0.29, 0.717) is 0 Å². The van der Waals surface area contributed by atoms with Crippen LogP contribution >= 0.6 is 7.29 Å². The molecule has 2 aromatic carbocycles. The van der Waals surface area contributed by atoms with E-state index in [1.54, 1.807) is 0 Å². The molecule has 0 fully saturated rings. The maximum Gasteiger partial charge on any atom is 0.205 e. The number of benzene rings is 2. The molecule has 0 aliphatic heterocycles. The van der Waals surface area contributed by atoms with E-state index in [4.69, 9.17) is 0 Å². The lowest BCUT2D eigenvalue weighted by Crippen LogP contribution is -2.35. The van der Waals surface area contributed by atoms with Crippen molar-refractivity contribution in [3.63, 3.8) is 0 Å². The Labute approximate surface area is 138 Å². The predicted octanol–water partition coefficient (Wildman–Crippen LogP) is 4.17. The van der Waals surface area contributed by atoms with Crippen LogP contribution in [0.4, 0.5) is 0 Å². The molecular weight excluding hydrogens is 301 g/mol. The first-order chi connectivity index (χ1) is 11.2. The van der Waals surface area contributed by atoms with Gasteiger partial charge in [0.1, 0.15) is 0 Å². The van der Waals surface area contributed by atoms with E-state index in [0.717, 1.165) is 23.5 Å². The summed E-state index contributed by atoms with van der Waals surface area (Å²) in [7, 11) is -2.87. The minimum atomic E-state index is -2.87. The van der Waals surface area contributed by atoms with Crippen LogP contribution in [0, 0.1) is 0 Å². The molecule has 0 spiro atoms. The normalized spacial score (nSPS) is 15.4. The van der Waals surface area contributed by atoms with Gasteiger partial charge in [0.2, 0.25) is 7.29 Å². The van der Waals surface area contributed by atoms with Crippen molar-refractivity contribution in [3.05, 3.63) is 84.5 Å². The first-order valence-corrected chi connectivity index (χ1v) is 9.79. The molecule has 0 unspecified atom stereocenters. The fourth-order valence-electron chi connectivity index (χ4n) is 2.95. The Hall–Kier alpha value is -1.89. The summed E-state index contributed by atoms with van der Waals surface area (Å²) in [6.07, 6.45) is 8.22. The van der Waals surface area contributed by atoms with E-state index in [1.807, 2.05) is 60.7 Å². The maximum atomic E-state index is 14.0. The van der Waals surface area contributed by atoms with Crippen molar-refractivity contribution in [1.29, 1.82) is 0 Å². The molecule has 0 bridgehead atoms. The molecule has 0 amide bonds. The van der Waals surface area contributed by atoms with Gasteiger partial charge in [0.25, 0.3) is 0 Å². The lowest BCUT2D eigenvalue weighted by molar-refractivity contribution is 0.563. The van der Waals surface area contributed by atoms with Gasteiger partial charge < -0.3 is 0 Å². The van der Waals surface area contributed by atoms with Crippen LogP contribution < -0.4 is 15.7 Å². The fourth-order valence-corrected chi connectivity index (χ4v) is 5.52. The van der Waals surface area contributed by atoms with Crippen LogP contribution in [0.1, 0.15) is 19.8 Å². The van der Waals surface area contributed by atoms with Crippen molar-refractivity contribution >= 4 is 17.9 Å². The molecule has 0 aromatic heterocycles. The van der Waals surface area contributed by atoms with E-state index in [-0.39, 0.29) is 6.04 Å². The highest BCUT2D eigenvalue weighted by molar-refractivity contribution is 7.76. The van der Waals surface area contributed by atoms with Crippen molar-refractivity contribution < 1.29 is 4.57 Å². The van der Waals surface area contributed by atoms with Crippen molar-refractivity contribution in [3.8, 4) is 0 Å². The summed E-state index contributed by atoms with van der Waals surface area (Å²) >= 11 is 0. The summed E-state index contributed by atoms with van der Waals surface area (Å²) in [5.41, 5.74) is 1.31. The number of hydrogen-bond acceptors (Lipinski definition) is 1. The van der Waals surface area contributed by atoms with E-state index in [1.165, 1.54) is 5.57 Å². The first-order valence-electron chi connectivity index (χ1n) is 8.08. The highest BCUT2D eigenvalue weighted by Crippen LogP contribution is 2.40. The Morgan fingerprint density at radius 1 is 1.00 bits per heavy atom. The molecule has 3 heteroatoms. The third-order valence-corrected chi connectivity index (χ3v) is 6.96. The number of nitrogens with one attached hydrogen (secondary N) is 1. The molecule has 118 valence electrons. The first kappa shape index (κ1) is 16.0. The van der Waals surface area contributed by atoms with Crippen molar-refractivity contribution in [2.75, 3.05) is 0 Å². The SMILES string of the molecule is CC[C@@H](NP(=O)(c1ccccc1)c1ccccc1)C1=CC=CC1. The Kier molecular flexibility index (Phi) is 4.95. The molecule has 1 aliphatic carbocycles. The van der Waals surface area contributed by atoms with Gasteiger partial charge in [-0.1, -0.05) is 61.5 Å². The summed E-state index contributed by atoms with van der Waals surface area (Å²) < 4.78 is 14.0. The number of allylic oxidation sites excluding steroid dienone is 3. The zero-order chi connectivity index (χ0) is 16.1. The Balaban J connectivity index is 2.01. The van der Waals surface area contributed by atoms with Crippen LogP contribution in [-0.4, -0.2) is 6.04 Å². The van der Waals surface area contributed by atoms with Crippen LogP contribution in [0.3, 0.4) is 0 Å². The maximum absolute atomic E-state index is 14.0. The molecule has 2 aromatic rings. The van der Waals surface area contributed by atoms with Gasteiger partial charge in [-0.2, -0.15) is 0 Å². The molecular formula is C20H22NOP. The van der Waals surface area contributed by atoms with Gasteiger partial charge >= 0.3 is 0 Å². The summed E-state index contributed by atoms with van der Waals surface area (Å²) in [6, 6.07) is 19.6. The molecule has 1 aliphatic rings. The quantitative estimate of drug-likeness (QED) is 0.809. The fraction of sp³-hybridized carbons (Fsp3) is 0.200. The van der Waals surface area contributed by atoms with Crippen LogP contribution in [0.2, 0.25) is 0 Å². The van der Waals surface area contributed by atoms with Crippen molar-refractivity contribution in [2.45, 2.75) is 25.8 Å². The third-order valence-electron chi connectivity index (χ3n) is 4.23. The highest BCUT2D eigenvalue weighted by atomic mass is 31.2. The molecule has 0 heterocycles. The second-order valence-electron chi connectivity index (χ2n) is 5.74. The molecule has 1 atom stereocenters. The van der Waals surface area contributed by atoms with Crippen molar-refractivity contribution in [1.82, 2.24) is 5.09 Å². The monoisotopic (exact) mass is 323 g/mol. The molecule has 2 nitrogen and oxygen atoms in total. The van der Waals surface area contributed by atoms with Gasteiger partial charge in [-0.15, -0.1) is 0 Å². The van der Waals surface area contributed by atoms with Gasteiger partial charge in [0, 0.05) is 16.7 Å². The van der Waals surface area contributed by atoms with Crippen LogP contribution in [0.5, 0.6) is 0 Å². The lowest BCUT2D eigenvalue weighted by atomic mass is 10.1. The molecule has 0 saturated carbocycles. The van der Waals surface area contributed by atoms with Crippen molar-refractivity contribution in [2.24, 2.45) is 0 Å². The Bertz CT molecular complexity index is 706. The van der Waals surface area contributed by atoms with Crippen LogP contribution in [0.25, 0.3) is 0 Å². The van der Waals surface area contributed by atoms with E-state index < -0.39 is 7.29 Å². The largest absolute Gasteiger partial charge is 0.297 e. The second kappa shape index (κ2) is 7.12. The summed E-state index contributed by atoms with van der Waals surface area (Å²) in [5, 5.41) is 5.22. The van der Waals surface area contributed by atoms with Gasteiger partial charge in [0.05, 0.1) is 0 Å². The molecule has 23 heavy (non-hydrogen) atoms. The van der Waals surface area contributed by atoms with Gasteiger partial charge in [-0.25, -0.2) is 0 Å². The molecule has 3 rings (SSSR count).